The lowest BCUT2D eigenvalue weighted by molar-refractivity contribution is -0.384. The lowest BCUT2D eigenvalue weighted by Crippen LogP contribution is -2.41. The van der Waals surface area contributed by atoms with Gasteiger partial charge >= 0.3 is 0 Å². The lowest BCUT2D eigenvalue weighted by atomic mass is 10.2. The summed E-state index contributed by atoms with van der Waals surface area (Å²) in [6, 6.07) is 6.48. The molecule has 1 fully saturated rings. The van der Waals surface area contributed by atoms with Crippen LogP contribution in [0.5, 0.6) is 0 Å². The van der Waals surface area contributed by atoms with Crippen molar-refractivity contribution in [1.29, 1.82) is 0 Å². The predicted octanol–water partition coefficient (Wildman–Crippen LogP) is 3.02. The second-order valence-electron chi connectivity index (χ2n) is 6.85. The Bertz CT molecular complexity index is 601. The summed E-state index contributed by atoms with van der Waals surface area (Å²) < 4.78 is 11.2. The molecule has 0 aliphatic carbocycles. The number of unbranched alkanes of at least 4 members (excludes halogenated alkanes) is 1. The van der Waals surface area contributed by atoms with Gasteiger partial charge in [0.05, 0.1) is 17.6 Å². The minimum Gasteiger partial charge on any atom is -0.381 e. The first-order valence-corrected chi connectivity index (χ1v) is 10.1. The first-order valence-electron chi connectivity index (χ1n) is 10.1. The molecule has 0 radical (unpaired) electrons. The number of nitrogens with zero attached hydrogens (tertiary/aromatic N) is 2. The minimum atomic E-state index is -0.397. The monoisotopic (exact) mass is 392 g/mol. The third-order valence-electron chi connectivity index (χ3n) is 4.49. The second kappa shape index (κ2) is 13.1. The molecule has 8 nitrogen and oxygen atoms in total. The highest BCUT2D eigenvalue weighted by Gasteiger charge is 2.15. The fourth-order valence-corrected chi connectivity index (χ4v) is 2.81. The Morgan fingerprint density at radius 1 is 1.29 bits per heavy atom. The zero-order valence-electron chi connectivity index (χ0n) is 16.7. The summed E-state index contributed by atoms with van der Waals surface area (Å²) >= 11 is 0. The molecule has 0 amide bonds. The average molecular weight is 393 g/mol. The smallest absolute Gasteiger partial charge is 0.269 e. The van der Waals surface area contributed by atoms with Gasteiger partial charge in [0.25, 0.3) is 5.69 Å². The maximum absolute atomic E-state index is 10.8. The maximum atomic E-state index is 10.8. The summed E-state index contributed by atoms with van der Waals surface area (Å²) in [5, 5.41) is 17.4. The predicted molar refractivity (Wildman–Crippen MR) is 110 cm³/mol. The van der Waals surface area contributed by atoms with Gasteiger partial charge in [0.2, 0.25) is 0 Å². The average Bonchev–Trinajstić information content (AvgIpc) is 3.22. The molecule has 156 valence electrons. The van der Waals surface area contributed by atoms with Crippen LogP contribution < -0.4 is 10.6 Å². The highest BCUT2D eigenvalue weighted by molar-refractivity contribution is 5.79. The third kappa shape index (κ3) is 8.67. The van der Waals surface area contributed by atoms with Crippen LogP contribution in [0.25, 0.3) is 0 Å². The molecular weight excluding hydrogens is 360 g/mol. The van der Waals surface area contributed by atoms with Gasteiger partial charge in [0.15, 0.2) is 5.96 Å². The number of aliphatic imine (C=N–C) groups is 1. The first-order chi connectivity index (χ1) is 13.7. The Labute approximate surface area is 166 Å². The number of nitrogens with one attached hydrogen (secondary N) is 2. The van der Waals surface area contributed by atoms with Crippen molar-refractivity contribution in [2.75, 3.05) is 32.9 Å². The van der Waals surface area contributed by atoms with Crippen molar-refractivity contribution >= 4 is 11.6 Å². The molecule has 2 N–H and O–H groups in total. The molecule has 1 heterocycles. The van der Waals surface area contributed by atoms with E-state index in [0.29, 0.717) is 6.54 Å². The van der Waals surface area contributed by atoms with Crippen LogP contribution in [-0.2, 0) is 16.0 Å². The van der Waals surface area contributed by atoms with Crippen molar-refractivity contribution < 1.29 is 14.4 Å². The van der Waals surface area contributed by atoms with Crippen molar-refractivity contribution in [3.63, 3.8) is 0 Å². The van der Waals surface area contributed by atoms with E-state index in [0.717, 1.165) is 76.5 Å². The molecule has 0 saturated carbocycles. The zero-order chi connectivity index (χ0) is 20.0. The van der Waals surface area contributed by atoms with Gasteiger partial charge in [-0.2, -0.15) is 0 Å². The minimum absolute atomic E-state index is 0.0886. The van der Waals surface area contributed by atoms with Crippen LogP contribution in [0.3, 0.4) is 0 Å². The van der Waals surface area contributed by atoms with Crippen LogP contribution in [0.15, 0.2) is 29.3 Å². The van der Waals surface area contributed by atoms with E-state index in [1.165, 1.54) is 12.1 Å². The van der Waals surface area contributed by atoms with Crippen LogP contribution >= 0.6 is 0 Å². The van der Waals surface area contributed by atoms with E-state index >= 15 is 0 Å². The Morgan fingerprint density at radius 3 is 2.75 bits per heavy atom. The van der Waals surface area contributed by atoms with Crippen LogP contribution in [0.2, 0.25) is 0 Å². The molecule has 0 bridgehead atoms. The Kier molecular flexibility index (Phi) is 10.3. The molecular formula is C20H32N4O4. The van der Waals surface area contributed by atoms with E-state index in [2.05, 4.69) is 22.5 Å². The molecule has 28 heavy (non-hydrogen) atoms. The number of hydrogen-bond donors (Lipinski definition) is 2. The quantitative estimate of drug-likeness (QED) is 0.187. The van der Waals surface area contributed by atoms with Crippen molar-refractivity contribution in [3.8, 4) is 0 Å². The highest BCUT2D eigenvalue weighted by Crippen LogP contribution is 2.13. The van der Waals surface area contributed by atoms with Gasteiger partial charge in [-0.3, -0.25) is 10.1 Å². The van der Waals surface area contributed by atoms with Gasteiger partial charge in [0, 0.05) is 45.0 Å². The largest absolute Gasteiger partial charge is 0.381 e. The molecule has 1 aliphatic heterocycles. The van der Waals surface area contributed by atoms with Crippen molar-refractivity contribution in [2.24, 2.45) is 4.99 Å². The second-order valence-corrected chi connectivity index (χ2v) is 6.85. The van der Waals surface area contributed by atoms with E-state index in [1.807, 2.05) is 0 Å². The van der Waals surface area contributed by atoms with Crippen molar-refractivity contribution in [3.05, 3.63) is 39.9 Å². The normalized spacial score (nSPS) is 16.9. The number of benzene rings is 1. The molecule has 0 aromatic heterocycles. The topological polar surface area (TPSA) is 98.0 Å². The summed E-state index contributed by atoms with van der Waals surface area (Å²) in [4.78, 5) is 15.0. The molecule has 8 heteroatoms. The van der Waals surface area contributed by atoms with E-state index < -0.39 is 4.92 Å². The molecule has 1 aliphatic rings. The number of rotatable bonds is 12. The Balaban J connectivity index is 1.81. The van der Waals surface area contributed by atoms with Crippen LogP contribution in [0.1, 0.15) is 44.6 Å². The van der Waals surface area contributed by atoms with E-state index in [1.54, 1.807) is 12.1 Å². The van der Waals surface area contributed by atoms with Crippen molar-refractivity contribution in [2.45, 2.75) is 51.7 Å². The Hall–Kier alpha value is -2.19. The number of nitro benzene ring substituents is 1. The first kappa shape index (κ1) is 22.1. The van der Waals surface area contributed by atoms with Gasteiger partial charge in [-0.25, -0.2) is 4.99 Å². The summed E-state index contributed by atoms with van der Waals surface area (Å²) in [7, 11) is 0. The zero-order valence-corrected chi connectivity index (χ0v) is 16.7. The van der Waals surface area contributed by atoms with Gasteiger partial charge in [-0.05, 0) is 31.2 Å². The highest BCUT2D eigenvalue weighted by atomic mass is 16.6. The van der Waals surface area contributed by atoms with Crippen LogP contribution in [0, 0.1) is 10.1 Å². The SMILES string of the molecule is CCCCOCCCNC(=NCc1ccc([N+](=O)[O-])cc1)NCC1CCCO1. The third-order valence-corrected chi connectivity index (χ3v) is 4.49. The van der Waals surface area contributed by atoms with E-state index in [-0.39, 0.29) is 11.8 Å². The molecule has 2 rings (SSSR count). The molecule has 0 spiro atoms. The number of hydrogen-bond acceptors (Lipinski definition) is 5. The standard InChI is InChI=1S/C20H32N4O4/c1-2-3-12-27-13-5-11-21-20(23-16-19-6-4-14-28-19)22-15-17-7-9-18(10-8-17)24(25)26/h7-10,19H,2-6,11-16H2,1H3,(H2,21,22,23). The lowest BCUT2D eigenvalue weighted by Gasteiger charge is -2.15. The molecule has 1 aromatic rings. The fraction of sp³-hybridized carbons (Fsp3) is 0.650. The fourth-order valence-electron chi connectivity index (χ4n) is 2.81. The number of non-ortho nitro benzene ring substituents is 1. The molecule has 1 aromatic carbocycles. The molecule has 1 atom stereocenters. The summed E-state index contributed by atoms with van der Waals surface area (Å²) in [6.07, 6.45) is 5.53. The summed E-state index contributed by atoms with van der Waals surface area (Å²) in [5.41, 5.74) is 1.01. The van der Waals surface area contributed by atoms with Gasteiger partial charge in [0.1, 0.15) is 0 Å². The van der Waals surface area contributed by atoms with Crippen LogP contribution in [-0.4, -0.2) is 49.9 Å². The van der Waals surface area contributed by atoms with Gasteiger partial charge in [-0.15, -0.1) is 0 Å². The number of guanidine groups is 1. The van der Waals surface area contributed by atoms with Crippen molar-refractivity contribution in [1.82, 2.24) is 10.6 Å². The van der Waals surface area contributed by atoms with Gasteiger partial charge in [-0.1, -0.05) is 25.5 Å². The Morgan fingerprint density at radius 2 is 2.07 bits per heavy atom. The molecule has 1 saturated heterocycles. The maximum Gasteiger partial charge on any atom is 0.269 e. The summed E-state index contributed by atoms with van der Waals surface area (Å²) in [5.74, 6) is 0.724. The number of ether oxygens (including phenoxy) is 2. The van der Waals surface area contributed by atoms with Crippen LogP contribution in [0.4, 0.5) is 5.69 Å². The van der Waals surface area contributed by atoms with E-state index in [9.17, 15) is 10.1 Å². The van der Waals surface area contributed by atoms with Gasteiger partial charge < -0.3 is 20.1 Å². The van der Waals surface area contributed by atoms with E-state index in [4.69, 9.17) is 9.47 Å². The summed E-state index contributed by atoms with van der Waals surface area (Å²) in [6.45, 7) is 6.46. The number of nitro groups is 1. The molecule has 1 unspecified atom stereocenters.